The molecule has 0 spiro atoms. The lowest BCUT2D eigenvalue weighted by Gasteiger charge is -2.23. The van der Waals surface area contributed by atoms with Crippen LogP contribution in [0, 0.1) is 0 Å². The van der Waals surface area contributed by atoms with Crippen molar-refractivity contribution in [2.24, 2.45) is 0 Å². The van der Waals surface area contributed by atoms with Gasteiger partial charge in [0.2, 0.25) is 0 Å². The molecule has 3 rings (SSSR count). The van der Waals surface area contributed by atoms with E-state index in [1.165, 1.54) is 21.8 Å². The van der Waals surface area contributed by atoms with Crippen LogP contribution in [0.4, 0.5) is 0 Å². The van der Waals surface area contributed by atoms with Gasteiger partial charge >= 0.3 is 0 Å². The van der Waals surface area contributed by atoms with Crippen LogP contribution in [-0.2, 0) is 12.8 Å². The lowest BCUT2D eigenvalue weighted by Crippen LogP contribution is -2.39. The normalized spacial score (nSPS) is 19.3. The van der Waals surface area contributed by atoms with Crippen LogP contribution in [0.2, 0.25) is 0 Å². The molecule has 19 heavy (non-hydrogen) atoms. The summed E-state index contributed by atoms with van der Waals surface area (Å²) in [6, 6.07) is 9.32. The van der Waals surface area contributed by atoms with Gasteiger partial charge in [0.05, 0.1) is 5.51 Å². The molecular weight excluding hydrogens is 272 g/mol. The summed E-state index contributed by atoms with van der Waals surface area (Å²) in [5.74, 6) is 0. The molecule has 0 bridgehead atoms. The van der Waals surface area contributed by atoms with Gasteiger partial charge in [-0.1, -0.05) is 25.1 Å². The molecule has 2 nitrogen and oxygen atoms in total. The standard InChI is InChI=1S/C15H18N2S2/c1-2-17-13(8-12-9-16-10-18-12)15-7-11-5-3-4-6-14(11)19-15/h3-6,9-10,13,15,17H,2,7-8H2,1H3. The van der Waals surface area contributed by atoms with E-state index < -0.39 is 0 Å². The molecule has 2 aromatic rings. The fourth-order valence-corrected chi connectivity index (χ4v) is 4.65. The van der Waals surface area contributed by atoms with Gasteiger partial charge in [0.15, 0.2) is 0 Å². The van der Waals surface area contributed by atoms with Crippen molar-refractivity contribution in [3.63, 3.8) is 0 Å². The predicted octanol–water partition coefficient (Wildman–Crippen LogP) is 3.38. The zero-order valence-electron chi connectivity index (χ0n) is 11.0. The second kappa shape index (κ2) is 6.07. The van der Waals surface area contributed by atoms with Crippen LogP contribution in [-0.4, -0.2) is 22.8 Å². The third-order valence-corrected chi connectivity index (χ3v) is 5.74. The molecule has 2 unspecified atom stereocenters. The molecule has 4 heteroatoms. The van der Waals surface area contributed by atoms with Crippen LogP contribution in [0.25, 0.3) is 0 Å². The molecule has 1 aromatic carbocycles. The molecule has 1 aromatic heterocycles. The Kier molecular flexibility index (Phi) is 4.21. The van der Waals surface area contributed by atoms with Crippen molar-refractivity contribution in [3.8, 4) is 0 Å². The first-order valence-corrected chi connectivity index (χ1v) is 8.48. The van der Waals surface area contributed by atoms with Crippen LogP contribution in [0.3, 0.4) is 0 Å². The van der Waals surface area contributed by atoms with E-state index in [4.69, 9.17) is 0 Å². The first-order valence-electron chi connectivity index (χ1n) is 6.72. The molecule has 2 heterocycles. The molecule has 0 amide bonds. The van der Waals surface area contributed by atoms with Crippen LogP contribution < -0.4 is 5.32 Å². The highest BCUT2D eigenvalue weighted by Crippen LogP contribution is 2.39. The number of benzene rings is 1. The summed E-state index contributed by atoms with van der Waals surface area (Å²) in [7, 11) is 0. The number of nitrogens with one attached hydrogen (secondary N) is 1. The van der Waals surface area contributed by atoms with Gasteiger partial charge in [-0.3, -0.25) is 4.98 Å². The molecular formula is C15H18N2S2. The smallest absolute Gasteiger partial charge is 0.0794 e. The molecule has 0 radical (unpaired) electrons. The van der Waals surface area contributed by atoms with Crippen LogP contribution >= 0.6 is 23.1 Å². The minimum absolute atomic E-state index is 0.530. The third kappa shape index (κ3) is 3.02. The Morgan fingerprint density at radius 2 is 2.32 bits per heavy atom. The number of aromatic nitrogens is 1. The summed E-state index contributed by atoms with van der Waals surface area (Å²) in [6.07, 6.45) is 4.27. The van der Waals surface area contributed by atoms with E-state index >= 15 is 0 Å². The zero-order chi connectivity index (χ0) is 13.1. The average Bonchev–Trinajstić information content (AvgIpc) is 3.06. The molecule has 2 atom stereocenters. The number of fused-ring (bicyclic) bond motifs is 1. The summed E-state index contributed by atoms with van der Waals surface area (Å²) >= 11 is 3.79. The quantitative estimate of drug-likeness (QED) is 0.914. The van der Waals surface area contributed by atoms with E-state index in [0.717, 1.165) is 13.0 Å². The van der Waals surface area contributed by atoms with Gasteiger partial charge in [0.25, 0.3) is 0 Å². The summed E-state index contributed by atoms with van der Waals surface area (Å²) in [4.78, 5) is 7.02. The highest BCUT2D eigenvalue weighted by molar-refractivity contribution is 8.00. The van der Waals surface area contributed by atoms with E-state index in [9.17, 15) is 0 Å². The Labute approximate surface area is 122 Å². The monoisotopic (exact) mass is 290 g/mol. The average molecular weight is 290 g/mol. The van der Waals surface area contributed by atoms with Crippen molar-refractivity contribution >= 4 is 23.1 Å². The zero-order valence-corrected chi connectivity index (χ0v) is 12.6. The summed E-state index contributed by atoms with van der Waals surface area (Å²) in [5, 5.41) is 4.29. The fourth-order valence-electron chi connectivity index (χ4n) is 2.59. The Bertz CT molecular complexity index is 500. The SMILES string of the molecule is CCNC(Cc1cncs1)C1Cc2ccccc2S1. The largest absolute Gasteiger partial charge is 0.313 e. The van der Waals surface area contributed by atoms with E-state index in [1.54, 1.807) is 11.3 Å². The Morgan fingerprint density at radius 1 is 1.42 bits per heavy atom. The van der Waals surface area contributed by atoms with E-state index in [1.807, 2.05) is 23.5 Å². The maximum absolute atomic E-state index is 4.19. The van der Waals surface area contributed by atoms with Gasteiger partial charge in [-0.05, 0) is 31.0 Å². The van der Waals surface area contributed by atoms with Gasteiger partial charge in [-0.25, -0.2) is 0 Å². The molecule has 1 aliphatic rings. The van der Waals surface area contributed by atoms with E-state index in [2.05, 4.69) is 41.5 Å². The number of hydrogen-bond donors (Lipinski definition) is 1. The highest BCUT2D eigenvalue weighted by Gasteiger charge is 2.29. The minimum Gasteiger partial charge on any atom is -0.313 e. The summed E-state index contributed by atoms with van der Waals surface area (Å²) in [5.41, 5.74) is 3.43. The van der Waals surface area contributed by atoms with Crippen molar-refractivity contribution in [1.82, 2.24) is 10.3 Å². The first-order chi connectivity index (χ1) is 9.36. The molecule has 1 N–H and O–H groups in total. The molecule has 0 fully saturated rings. The summed E-state index contributed by atoms with van der Waals surface area (Å²) < 4.78 is 0. The van der Waals surface area contributed by atoms with Gasteiger partial charge in [0, 0.05) is 27.3 Å². The number of thioether (sulfide) groups is 1. The molecule has 100 valence electrons. The molecule has 0 saturated carbocycles. The molecule has 0 saturated heterocycles. The van der Waals surface area contributed by atoms with Gasteiger partial charge in [-0.2, -0.15) is 0 Å². The highest BCUT2D eigenvalue weighted by atomic mass is 32.2. The number of nitrogens with zero attached hydrogens (tertiary/aromatic N) is 1. The van der Waals surface area contributed by atoms with Crippen molar-refractivity contribution < 1.29 is 0 Å². The summed E-state index contributed by atoms with van der Waals surface area (Å²) in [6.45, 7) is 3.21. The molecule has 0 aliphatic carbocycles. The fraction of sp³-hybridized carbons (Fsp3) is 0.400. The van der Waals surface area contributed by atoms with E-state index in [-0.39, 0.29) is 0 Å². The Morgan fingerprint density at radius 3 is 3.05 bits per heavy atom. The van der Waals surface area contributed by atoms with Gasteiger partial charge in [-0.15, -0.1) is 23.1 Å². The first kappa shape index (κ1) is 13.2. The Hall–Kier alpha value is -0.840. The van der Waals surface area contributed by atoms with Crippen LogP contribution in [0.15, 0.2) is 40.9 Å². The number of hydrogen-bond acceptors (Lipinski definition) is 4. The van der Waals surface area contributed by atoms with Crippen LogP contribution in [0.5, 0.6) is 0 Å². The van der Waals surface area contributed by atoms with Crippen molar-refractivity contribution in [2.75, 3.05) is 6.54 Å². The lowest BCUT2D eigenvalue weighted by molar-refractivity contribution is 0.508. The maximum Gasteiger partial charge on any atom is 0.0794 e. The second-order valence-electron chi connectivity index (χ2n) is 4.80. The predicted molar refractivity (Wildman–Crippen MR) is 83.1 cm³/mol. The van der Waals surface area contributed by atoms with Crippen molar-refractivity contribution in [1.29, 1.82) is 0 Å². The Balaban J connectivity index is 1.72. The van der Waals surface area contributed by atoms with Crippen molar-refractivity contribution in [3.05, 3.63) is 46.4 Å². The minimum atomic E-state index is 0.530. The third-order valence-electron chi connectivity index (χ3n) is 3.49. The number of thiazole rings is 1. The topological polar surface area (TPSA) is 24.9 Å². The lowest BCUT2D eigenvalue weighted by atomic mass is 10.0. The van der Waals surface area contributed by atoms with Crippen molar-refractivity contribution in [2.45, 2.75) is 36.0 Å². The number of likely N-dealkylation sites (N-methyl/N-ethyl adjacent to an activating group) is 1. The van der Waals surface area contributed by atoms with Gasteiger partial charge in [0.1, 0.15) is 0 Å². The second-order valence-corrected chi connectivity index (χ2v) is 7.06. The maximum atomic E-state index is 4.19. The molecule has 1 aliphatic heterocycles. The van der Waals surface area contributed by atoms with E-state index in [0.29, 0.717) is 11.3 Å². The number of rotatable bonds is 5. The van der Waals surface area contributed by atoms with Gasteiger partial charge < -0.3 is 5.32 Å². The van der Waals surface area contributed by atoms with Crippen LogP contribution in [0.1, 0.15) is 17.4 Å².